The maximum atomic E-state index is 8.74. The molecule has 0 spiro atoms. The number of unbranched alkanes of at least 4 members (excludes halogenated alkanes) is 2. The first-order valence-corrected chi connectivity index (χ1v) is 6.22. The number of methoxy groups -OCH3 is 1. The van der Waals surface area contributed by atoms with Gasteiger partial charge >= 0.3 is 0 Å². The standard InChI is InChI=1S/C14H21NO3/c1-4-5-6-9-18-13-8-7-12(11(2)15-16)10-14(13)17-3/h7-8,10,16H,4-6,9H2,1-3H3/b15-11+. The second-order valence-corrected chi connectivity index (χ2v) is 4.11. The van der Waals surface area contributed by atoms with Crippen LogP contribution in [0.4, 0.5) is 0 Å². The summed E-state index contributed by atoms with van der Waals surface area (Å²) in [5.41, 5.74) is 1.36. The second kappa shape index (κ2) is 7.58. The maximum Gasteiger partial charge on any atom is 0.161 e. The Hall–Kier alpha value is -1.71. The van der Waals surface area contributed by atoms with E-state index >= 15 is 0 Å². The van der Waals surface area contributed by atoms with Gasteiger partial charge in [0.25, 0.3) is 0 Å². The van der Waals surface area contributed by atoms with Gasteiger partial charge in [-0.3, -0.25) is 0 Å². The molecule has 1 aromatic carbocycles. The van der Waals surface area contributed by atoms with Crippen molar-refractivity contribution in [3.8, 4) is 11.5 Å². The van der Waals surface area contributed by atoms with Crippen LogP contribution in [0.1, 0.15) is 38.7 Å². The Bertz CT molecular complexity index is 402. The lowest BCUT2D eigenvalue weighted by Gasteiger charge is -2.11. The van der Waals surface area contributed by atoms with E-state index in [1.807, 2.05) is 18.2 Å². The third-order valence-corrected chi connectivity index (χ3v) is 2.74. The minimum Gasteiger partial charge on any atom is -0.493 e. The predicted octanol–water partition coefficient (Wildman–Crippen LogP) is 3.46. The van der Waals surface area contributed by atoms with Crippen molar-refractivity contribution in [3.63, 3.8) is 0 Å². The van der Waals surface area contributed by atoms with Gasteiger partial charge in [0.15, 0.2) is 11.5 Å². The van der Waals surface area contributed by atoms with E-state index in [-0.39, 0.29) is 0 Å². The topological polar surface area (TPSA) is 51.0 Å². The van der Waals surface area contributed by atoms with Crippen molar-refractivity contribution in [3.05, 3.63) is 23.8 Å². The molecule has 0 aliphatic heterocycles. The number of hydrogen-bond acceptors (Lipinski definition) is 4. The molecule has 0 radical (unpaired) electrons. The van der Waals surface area contributed by atoms with Crippen molar-refractivity contribution < 1.29 is 14.7 Å². The Morgan fingerprint density at radius 3 is 2.67 bits per heavy atom. The first-order chi connectivity index (χ1) is 8.72. The van der Waals surface area contributed by atoms with E-state index in [4.69, 9.17) is 14.7 Å². The molecule has 4 nitrogen and oxygen atoms in total. The molecule has 0 aliphatic carbocycles. The molecule has 0 heterocycles. The fourth-order valence-electron chi connectivity index (χ4n) is 1.60. The number of oxime groups is 1. The lowest BCUT2D eigenvalue weighted by atomic mass is 10.1. The summed E-state index contributed by atoms with van der Waals surface area (Å²) in [5.74, 6) is 1.38. The molecule has 0 saturated heterocycles. The van der Waals surface area contributed by atoms with E-state index in [0.717, 1.165) is 24.2 Å². The van der Waals surface area contributed by atoms with Crippen LogP contribution in [0.3, 0.4) is 0 Å². The van der Waals surface area contributed by atoms with Gasteiger partial charge < -0.3 is 14.7 Å². The lowest BCUT2D eigenvalue weighted by Crippen LogP contribution is -2.01. The Morgan fingerprint density at radius 2 is 2.06 bits per heavy atom. The molecule has 1 N–H and O–H groups in total. The molecular formula is C14H21NO3. The normalized spacial score (nSPS) is 11.4. The Morgan fingerprint density at radius 1 is 1.28 bits per heavy atom. The average Bonchev–Trinajstić information content (AvgIpc) is 2.42. The maximum absolute atomic E-state index is 8.74. The smallest absolute Gasteiger partial charge is 0.161 e. The van der Waals surface area contributed by atoms with Gasteiger partial charge in [0, 0.05) is 5.56 Å². The van der Waals surface area contributed by atoms with Crippen molar-refractivity contribution in [2.24, 2.45) is 5.16 Å². The van der Waals surface area contributed by atoms with Gasteiger partial charge in [-0.25, -0.2) is 0 Å². The van der Waals surface area contributed by atoms with E-state index in [2.05, 4.69) is 12.1 Å². The zero-order valence-electron chi connectivity index (χ0n) is 11.3. The first kappa shape index (κ1) is 14.4. The molecule has 0 bridgehead atoms. The molecule has 1 rings (SSSR count). The van der Waals surface area contributed by atoms with Gasteiger partial charge in [-0.1, -0.05) is 24.9 Å². The van der Waals surface area contributed by atoms with Crippen molar-refractivity contribution in [2.75, 3.05) is 13.7 Å². The molecule has 100 valence electrons. The third-order valence-electron chi connectivity index (χ3n) is 2.74. The van der Waals surface area contributed by atoms with Gasteiger partial charge in [0.1, 0.15) is 0 Å². The zero-order valence-corrected chi connectivity index (χ0v) is 11.3. The summed E-state index contributed by atoms with van der Waals surface area (Å²) in [5, 5.41) is 11.9. The number of benzene rings is 1. The summed E-state index contributed by atoms with van der Waals surface area (Å²) in [4.78, 5) is 0. The summed E-state index contributed by atoms with van der Waals surface area (Å²) in [7, 11) is 1.60. The predicted molar refractivity (Wildman–Crippen MR) is 72.0 cm³/mol. The van der Waals surface area contributed by atoms with Crippen LogP contribution in [0.5, 0.6) is 11.5 Å². The quantitative estimate of drug-likeness (QED) is 0.349. The molecule has 0 aliphatic rings. The van der Waals surface area contributed by atoms with Gasteiger partial charge in [0.05, 0.1) is 19.4 Å². The third kappa shape index (κ3) is 3.95. The Labute approximate surface area is 108 Å². The summed E-state index contributed by atoms with van der Waals surface area (Å²) in [6.45, 7) is 4.58. The van der Waals surface area contributed by atoms with Crippen LogP contribution < -0.4 is 9.47 Å². The molecule has 0 aromatic heterocycles. The molecule has 0 atom stereocenters. The SMILES string of the molecule is CCCCCOc1ccc(/C(C)=N/O)cc1OC. The van der Waals surface area contributed by atoms with Crippen LogP contribution >= 0.6 is 0 Å². The summed E-state index contributed by atoms with van der Waals surface area (Å²) in [6, 6.07) is 5.51. The largest absolute Gasteiger partial charge is 0.493 e. The van der Waals surface area contributed by atoms with Gasteiger partial charge in [0.2, 0.25) is 0 Å². The average molecular weight is 251 g/mol. The minimum atomic E-state index is 0.547. The number of ether oxygens (including phenoxy) is 2. The van der Waals surface area contributed by atoms with Crippen LogP contribution in [0.2, 0.25) is 0 Å². The van der Waals surface area contributed by atoms with E-state index in [0.29, 0.717) is 18.1 Å². The van der Waals surface area contributed by atoms with Crippen molar-refractivity contribution >= 4 is 5.71 Å². The van der Waals surface area contributed by atoms with Gasteiger partial charge in [-0.2, -0.15) is 0 Å². The van der Waals surface area contributed by atoms with Crippen LogP contribution in [0.25, 0.3) is 0 Å². The van der Waals surface area contributed by atoms with Crippen LogP contribution in [0.15, 0.2) is 23.4 Å². The molecule has 1 aromatic rings. The van der Waals surface area contributed by atoms with E-state index in [1.165, 1.54) is 6.42 Å². The summed E-state index contributed by atoms with van der Waals surface area (Å²) >= 11 is 0. The molecule has 0 unspecified atom stereocenters. The Balaban J connectivity index is 2.74. The fraction of sp³-hybridized carbons (Fsp3) is 0.500. The minimum absolute atomic E-state index is 0.547. The zero-order chi connectivity index (χ0) is 13.4. The highest BCUT2D eigenvalue weighted by Crippen LogP contribution is 2.28. The molecule has 0 fully saturated rings. The van der Waals surface area contributed by atoms with Crippen molar-refractivity contribution in [1.29, 1.82) is 0 Å². The van der Waals surface area contributed by atoms with Crippen LogP contribution in [-0.4, -0.2) is 24.6 Å². The molecule has 0 saturated carbocycles. The van der Waals surface area contributed by atoms with Crippen LogP contribution in [-0.2, 0) is 0 Å². The van der Waals surface area contributed by atoms with Crippen molar-refractivity contribution in [2.45, 2.75) is 33.1 Å². The number of rotatable bonds is 7. The second-order valence-electron chi connectivity index (χ2n) is 4.11. The Kier molecular flexibility index (Phi) is 6.05. The molecule has 0 amide bonds. The van der Waals surface area contributed by atoms with Gasteiger partial charge in [-0.05, 0) is 31.5 Å². The molecule has 18 heavy (non-hydrogen) atoms. The highest BCUT2D eigenvalue weighted by atomic mass is 16.5. The summed E-state index contributed by atoms with van der Waals surface area (Å²) < 4.78 is 10.9. The molecule has 4 heteroatoms. The first-order valence-electron chi connectivity index (χ1n) is 6.22. The monoisotopic (exact) mass is 251 g/mol. The van der Waals surface area contributed by atoms with Crippen molar-refractivity contribution in [1.82, 2.24) is 0 Å². The van der Waals surface area contributed by atoms with E-state index < -0.39 is 0 Å². The van der Waals surface area contributed by atoms with E-state index in [1.54, 1.807) is 14.0 Å². The number of hydrogen-bond donors (Lipinski definition) is 1. The van der Waals surface area contributed by atoms with Gasteiger partial charge in [-0.15, -0.1) is 0 Å². The highest BCUT2D eigenvalue weighted by Gasteiger charge is 2.07. The highest BCUT2D eigenvalue weighted by molar-refractivity contribution is 5.98. The fourth-order valence-corrected chi connectivity index (χ4v) is 1.60. The molecular weight excluding hydrogens is 230 g/mol. The van der Waals surface area contributed by atoms with E-state index in [9.17, 15) is 0 Å². The lowest BCUT2D eigenvalue weighted by molar-refractivity contribution is 0.286. The summed E-state index contributed by atoms with van der Waals surface area (Å²) in [6.07, 6.45) is 3.38. The van der Waals surface area contributed by atoms with Crippen LogP contribution in [0, 0.1) is 0 Å². The number of nitrogens with zero attached hydrogens (tertiary/aromatic N) is 1.